The summed E-state index contributed by atoms with van der Waals surface area (Å²) in [5, 5.41) is 0. The predicted molar refractivity (Wildman–Crippen MR) is 177 cm³/mol. The van der Waals surface area contributed by atoms with Crippen molar-refractivity contribution in [2.45, 2.75) is 50.2 Å². The summed E-state index contributed by atoms with van der Waals surface area (Å²) in [6.45, 7) is 1.72. The number of hydrogen-bond donors (Lipinski definition) is 3. The molecular weight excluding hydrogens is 639 g/mol. The van der Waals surface area contributed by atoms with E-state index in [9.17, 15) is 23.9 Å². The number of nitrogens with zero attached hydrogens (tertiary/aromatic N) is 1. The van der Waals surface area contributed by atoms with Crippen LogP contribution in [0.4, 0.5) is 0 Å². The summed E-state index contributed by atoms with van der Waals surface area (Å²) in [4.78, 5) is 47.2. The third kappa shape index (κ3) is 7.80. The summed E-state index contributed by atoms with van der Waals surface area (Å²) in [5.41, 5.74) is -0.395. The van der Waals surface area contributed by atoms with Gasteiger partial charge in [0, 0.05) is 19.0 Å². The van der Waals surface area contributed by atoms with E-state index in [1.807, 2.05) is 85.8 Å². The van der Waals surface area contributed by atoms with E-state index in [0.29, 0.717) is 17.9 Å². The van der Waals surface area contributed by atoms with Crippen molar-refractivity contribution in [2.24, 2.45) is 0 Å². The third-order valence-electron chi connectivity index (χ3n) is 7.97. The van der Waals surface area contributed by atoms with Crippen LogP contribution in [0.1, 0.15) is 54.7 Å². The Bertz CT molecular complexity index is 1860. The van der Waals surface area contributed by atoms with Crippen molar-refractivity contribution < 1.29 is 37.8 Å². The highest BCUT2D eigenvalue weighted by Gasteiger charge is 2.45. The molecule has 3 atom stereocenters. The molecule has 1 aliphatic heterocycles. The zero-order valence-electron chi connectivity index (χ0n) is 26.7. The smallest absolute Gasteiger partial charge is 0.469 e. The number of aromatic amines is 1. The van der Waals surface area contributed by atoms with Crippen molar-refractivity contribution in [1.82, 2.24) is 9.55 Å². The van der Waals surface area contributed by atoms with Crippen molar-refractivity contribution in [1.29, 1.82) is 0 Å². The van der Waals surface area contributed by atoms with Crippen LogP contribution in [-0.4, -0.2) is 52.4 Å². The molecular formula is C35H37N2O10P. The van der Waals surface area contributed by atoms with Gasteiger partial charge in [-0.2, -0.15) is 0 Å². The van der Waals surface area contributed by atoms with E-state index in [1.165, 1.54) is 6.20 Å². The van der Waals surface area contributed by atoms with E-state index >= 15 is 0 Å². The van der Waals surface area contributed by atoms with E-state index < -0.39 is 43.1 Å². The van der Waals surface area contributed by atoms with Crippen LogP contribution in [-0.2, 0) is 24.2 Å². The Balaban J connectivity index is 1.57. The van der Waals surface area contributed by atoms with Crippen LogP contribution in [0.25, 0.3) is 0 Å². The standard InChI is InChI=1S/C35H37N2O10P/c1-4-5-7-10-24-22-37(34(39)36-33(24)38)32-21-30(47-48(40,41)42)31(46-32)23-45-35(25-11-8-6-9-12-25,26-13-17-28(43-2)18-14-26)27-15-19-29(44-3)20-16-27/h6,8-9,11-20,22,30-32H,4-5,21,23H2,1-3H3,(H,36,38,39)(H2,40,41,42)/t30-,31+,32+/m0/s1. The van der Waals surface area contributed by atoms with Crippen molar-refractivity contribution in [3.8, 4) is 23.3 Å². The van der Waals surface area contributed by atoms with Crippen LogP contribution in [0.2, 0.25) is 0 Å². The number of methoxy groups -OCH3 is 2. The van der Waals surface area contributed by atoms with Gasteiger partial charge in [-0.3, -0.25) is 18.9 Å². The second kappa shape index (κ2) is 15.2. The highest BCUT2D eigenvalue weighted by Crippen LogP contribution is 2.46. The largest absolute Gasteiger partial charge is 0.497 e. The van der Waals surface area contributed by atoms with E-state index in [2.05, 4.69) is 16.8 Å². The molecule has 0 amide bonds. The molecule has 1 aliphatic rings. The van der Waals surface area contributed by atoms with Crippen LogP contribution < -0.4 is 20.7 Å². The fourth-order valence-electron chi connectivity index (χ4n) is 5.66. The maximum atomic E-state index is 12.9. The number of H-pyrrole nitrogens is 1. The molecule has 48 heavy (non-hydrogen) atoms. The molecule has 3 N–H and O–H groups in total. The number of aromatic nitrogens is 2. The van der Waals surface area contributed by atoms with Gasteiger partial charge in [0.05, 0.1) is 20.8 Å². The predicted octanol–water partition coefficient (Wildman–Crippen LogP) is 4.48. The Morgan fingerprint density at radius 2 is 1.52 bits per heavy atom. The number of nitrogens with one attached hydrogen (secondary N) is 1. The van der Waals surface area contributed by atoms with E-state index in [0.717, 1.165) is 27.7 Å². The summed E-state index contributed by atoms with van der Waals surface area (Å²) in [6.07, 6.45) is -0.802. The van der Waals surface area contributed by atoms with Crippen molar-refractivity contribution in [3.63, 3.8) is 0 Å². The number of phosphoric acid groups is 1. The Kier molecular flexibility index (Phi) is 11.0. The van der Waals surface area contributed by atoms with Crippen LogP contribution in [0.15, 0.2) is 94.6 Å². The molecule has 0 bridgehead atoms. The highest BCUT2D eigenvalue weighted by atomic mass is 31.2. The SMILES string of the molecule is CCCC#Cc1cn([C@H]2C[C@H](OP(=O)(O)O)[C@@H](COC(c3ccccc3)(c3ccc(OC)cc3)c3ccc(OC)cc3)O2)c(=O)[nH]c1=O. The normalized spacial score (nSPS) is 17.8. The number of rotatable bonds is 12. The summed E-state index contributed by atoms with van der Waals surface area (Å²) < 4.78 is 42.4. The van der Waals surface area contributed by atoms with Gasteiger partial charge < -0.3 is 28.7 Å². The lowest BCUT2D eigenvalue weighted by atomic mass is 9.80. The lowest BCUT2D eigenvalue weighted by Gasteiger charge is -2.37. The average molecular weight is 677 g/mol. The van der Waals surface area contributed by atoms with Gasteiger partial charge in [-0.1, -0.05) is 73.4 Å². The van der Waals surface area contributed by atoms with Gasteiger partial charge in [0.2, 0.25) is 0 Å². The molecule has 13 heteroatoms. The monoisotopic (exact) mass is 676 g/mol. The Morgan fingerprint density at radius 1 is 0.938 bits per heavy atom. The van der Waals surface area contributed by atoms with Crippen molar-refractivity contribution >= 4 is 7.82 Å². The second-order valence-corrected chi connectivity index (χ2v) is 12.3. The number of ether oxygens (including phenoxy) is 4. The lowest BCUT2D eigenvalue weighted by Crippen LogP contribution is -2.38. The maximum Gasteiger partial charge on any atom is 0.469 e. The summed E-state index contributed by atoms with van der Waals surface area (Å²) in [5.74, 6) is 6.93. The van der Waals surface area contributed by atoms with Gasteiger partial charge in [0.15, 0.2) is 0 Å². The molecule has 1 saturated heterocycles. The van der Waals surface area contributed by atoms with Gasteiger partial charge >= 0.3 is 13.5 Å². The minimum atomic E-state index is -5.01. The average Bonchev–Trinajstić information content (AvgIpc) is 3.47. The zero-order valence-corrected chi connectivity index (χ0v) is 27.6. The molecule has 252 valence electrons. The van der Waals surface area contributed by atoms with Crippen molar-refractivity contribution in [2.75, 3.05) is 20.8 Å². The molecule has 5 rings (SSSR count). The molecule has 0 radical (unpaired) electrons. The molecule has 4 aromatic rings. The maximum absolute atomic E-state index is 12.9. The van der Waals surface area contributed by atoms with Gasteiger partial charge in [0.1, 0.15) is 41.1 Å². The van der Waals surface area contributed by atoms with Gasteiger partial charge in [0.25, 0.3) is 5.56 Å². The molecule has 1 aromatic heterocycles. The number of benzene rings is 3. The van der Waals surface area contributed by atoms with Crippen LogP contribution in [0, 0.1) is 11.8 Å². The molecule has 0 unspecified atom stereocenters. The van der Waals surface area contributed by atoms with Crippen molar-refractivity contribution in [3.05, 3.63) is 128 Å². The highest BCUT2D eigenvalue weighted by molar-refractivity contribution is 7.46. The molecule has 3 aromatic carbocycles. The molecule has 12 nitrogen and oxygen atoms in total. The van der Waals surface area contributed by atoms with Crippen LogP contribution in [0.5, 0.6) is 11.5 Å². The number of hydrogen-bond acceptors (Lipinski definition) is 8. The van der Waals surface area contributed by atoms with Crippen LogP contribution in [0.3, 0.4) is 0 Å². The number of unbranched alkanes of at least 4 members (excludes halogenated alkanes) is 1. The van der Waals surface area contributed by atoms with Gasteiger partial charge in [-0.25, -0.2) is 9.36 Å². The Hall–Kier alpha value is -4.47. The quantitative estimate of drug-likeness (QED) is 0.111. The fourth-order valence-corrected chi connectivity index (χ4v) is 6.24. The fraction of sp³-hybridized carbons (Fsp3) is 0.314. The molecule has 0 spiro atoms. The Morgan fingerprint density at radius 3 is 2.06 bits per heavy atom. The first kappa shape index (κ1) is 34.9. The molecule has 2 heterocycles. The minimum Gasteiger partial charge on any atom is -0.497 e. The summed E-state index contributed by atoms with van der Waals surface area (Å²) in [7, 11) is -1.86. The second-order valence-electron chi connectivity index (χ2n) is 11.1. The first-order chi connectivity index (χ1) is 23.1. The summed E-state index contributed by atoms with van der Waals surface area (Å²) in [6, 6.07) is 24.2. The first-order valence-electron chi connectivity index (χ1n) is 15.3. The van der Waals surface area contributed by atoms with E-state index in [4.69, 9.17) is 23.5 Å². The van der Waals surface area contributed by atoms with Gasteiger partial charge in [-0.15, -0.1) is 0 Å². The minimum absolute atomic E-state index is 0.0564. The topological polar surface area (TPSA) is 159 Å². The van der Waals surface area contributed by atoms with E-state index in [1.54, 1.807) is 14.2 Å². The first-order valence-corrected chi connectivity index (χ1v) is 16.8. The zero-order chi connectivity index (χ0) is 34.3. The van der Waals surface area contributed by atoms with E-state index in [-0.39, 0.29) is 18.6 Å². The van der Waals surface area contributed by atoms with Gasteiger partial charge in [-0.05, 0) is 47.4 Å². The van der Waals surface area contributed by atoms with Crippen LogP contribution >= 0.6 is 7.82 Å². The molecule has 0 saturated carbocycles. The molecule has 1 fully saturated rings. The number of phosphoric ester groups is 1. The molecule has 0 aliphatic carbocycles. The summed E-state index contributed by atoms with van der Waals surface area (Å²) >= 11 is 0. The Labute approximate surface area is 277 Å². The third-order valence-corrected chi connectivity index (χ3v) is 8.51. The lowest BCUT2D eigenvalue weighted by molar-refractivity contribution is -0.0934.